The minimum absolute atomic E-state index is 0.146. The summed E-state index contributed by atoms with van der Waals surface area (Å²) in [5.41, 5.74) is 2.68. The Morgan fingerprint density at radius 2 is 1.94 bits per heavy atom. The SMILES string of the molecule is CCc1cc(C(C)(C)C)nn1CCN(C)C. The highest BCUT2D eigenvalue weighted by Gasteiger charge is 2.19. The first-order valence-corrected chi connectivity index (χ1v) is 6.06. The molecule has 1 rings (SSSR count). The van der Waals surface area contributed by atoms with Gasteiger partial charge in [0.2, 0.25) is 0 Å². The fourth-order valence-electron chi connectivity index (χ4n) is 1.59. The van der Waals surface area contributed by atoms with Crippen LogP contribution in [-0.2, 0) is 18.4 Å². The van der Waals surface area contributed by atoms with E-state index in [1.54, 1.807) is 0 Å². The molecule has 0 amide bonds. The lowest BCUT2D eigenvalue weighted by atomic mass is 9.92. The Balaban J connectivity index is 2.87. The van der Waals surface area contributed by atoms with Gasteiger partial charge in [-0.1, -0.05) is 27.7 Å². The maximum absolute atomic E-state index is 4.71. The van der Waals surface area contributed by atoms with Gasteiger partial charge in [-0.2, -0.15) is 5.10 Å². The van der Waals surface area contributed by atoms with Gasteiger partial charge in [-0.25, -0.2) is 0 Å². The van der Waals surface area contributed by atoms with E-state index in [1.807, 2.05) is 0 Å². The molecule has 0 saturated heterocycles. The third-order valence-corrected chi connectivity index (χ3v) is 2.75. The van der Waals surface area contributed by atoms with E-state index in [-0.39, 0.29) is 5.41 Å². The van der Waals surface area contributed by atoms with Crippen LogP contribution in [0.25, 0.3) is 0 Å². The molecule has 1 heterocycles. The van der Waals surface area contributed by atoms with Crippen LogP contribution in [0.2, 0.25) is 0 Å². The quantitative estimate of drug-likeness (QED) is 0.781. The smallest absolute Gasteiger partial charge is 0.0680 e. The lowest BCUT2D eigenvalue weighted by Crippen LogP contribution is -2.20. The molecule has 0 unspecified atom stereocenters. The zero-order valence-corrected chi connectivity index (χ0v) is 11.5. The minimum atomic E-state index is 0.146. The lowest BCUT2D eigenvalue weighted by molar-refractivity contribution is 0.367. The number of nitrogens with zero attached hydrogens (tertiary/aromatic N) is 3. The Labute approximate surface area is 99.4 Å². The van der Waals surface area contributed by atoms with Gasteiger partial charge in [0, 0.05) is 17.7 Å². The van der Waals surface area contributed by atoms with Crippen molar-refractivity contribution >= 4 is 0 Å². The summed E-state index contributed by atoms with van der Waals surface area (Å²) in [5.74, 6) is 0. The van der Waals surface area contributed by atoms with E-state index in [2.05, 4.69) is 57.4 Å². The summed E-state index contributed by atoms with van der Waals surface area (Å²) in [4.78, 5) is 2.19. The van der Waals surface area contributed by atoms with Gasteiger partial charge >= 0.3 is 0 Å². The van der Waals surface area contributed by atoms with Gasteiger partial charge in [-0.3, -0.25) is 4.68 Å². The van der Waals surface area contributed by atoms with E-state index in [9.17, 15) is 0 Å². The molecule has 0 aliphatic rings. The molecule has 1 aromatic rings. The van der Waals surface area contributed by atoms with Crippen molar-refractivity contribution in [1.29, 1.82) is 0 Å². The van der Waals surface area contributed by atoms with Gasteiger partial charge in [-0.15, -0.1) is 0 Å². The van der Waals surface area contributed by atoms with Crippen molar-refractivity contribution in [2.45, 2.75) is 46.1 Å². The van der Waals surface area contributed by atoms with E-state index in [0.29, 0.717) is 0 Å². The van der Waals surface area contributed by atoms with Crippen LogP contribution in [0.4, 0.5) is 0 Å². The number of hydrogen-bond acceptors (Lipinski definition) is 2. The van der Waals surface area contributed by atoms with Gasteiger partial charge in [0.1, 0.15) is 0 Å². The zero-order chi connectivity index (χ0) is 12.3. The van der Waals surface area contributed by atoms with Crippen molar-refractivity contribution in [2.24, 2.45) is 0 Å². The van der Waals surface area contributed by atoms with Crippen molar-refractivity contribution in [3.63, 3.8) is 0 Å². The molecule has 3 nitrogen and oxygen atoms in total. The molecular formula is C13H25N3. The molecule has 0 saturated carbocycles. The highest BCUT2D eigenvalue weighted by atomic mass is 15.3. The van der Waals surface area contributed by atoms with E-state index < -0.39 is 0 Å². The number of aromatic nitrogens is 2. The highest BCUT2D eigenvalue weighted by molar-refractivity contribution is 5.17. The monoisotopic (exact) mass is 223 g/mol. The topological polar surface area (TPSA) is 21.1 Å². The van der Waals surface area contributed by atoms with E-state index in [4.69, 9.17) is 5.10 Å². The summed E-state index contributed by atoms with van der Waals surface area (Å²) >= 11 is 0. The highest BCUT2D eigenvalue weighted by Crippen LogP contribution is 2.21. The van der Waals surface area contributed by atoms with Crippen LogP contribution < -0.4 is 0 Å². The molecule has 16 heavy (non-hydrogen) atoms. The van der Waals surface area contributed by atoms with Crippen LogP contribution in [-0.4, -0.2) is 35.3 Å². The molecule has 3 heteroatoms. The maximum Gasteiger partial charge on any atom is 0.0680 e. The van der Waals surface area contributed by atoms with Crippen LogP contribution in [0, 0.1) is 0 Å². The van der Waals surface area contributed by atoms with Gasteiger partial charge in [0.05, 0.1) is 12.2 Å². The summed E-state index contributed by atoms with van der Waals surface area (Å²) in [6.07, 6.45) is 1.05. The minimum Gasteiger partial charge on any atom is -0.308 e. The van der Waals surface area contributed by atoms with Gasteiger partial charge in [-0.05, 0) is 26.6 Å². The average molecular weight is 223 g/mol. The first-order chi connectivity index (χ1) is 7.34. The Bertz CT molecular complexity index is 331. The molecule has 0 radical (unpaired) electrons. The molecule has 1 aromatic heterocycles. The number of likely N-dealkylation sites (N-methyl/N-ethyl adjacent to an activating group) is 1. The zero-order valence-electron chi connectivity index (χ0n) is 11.5. The second-order valence-electron chi connectivity index (χ2n) is 5.65. The molecule has 0 spiro atoms. The number of hydrogen-bond donors (Lipinski definition) is 0. The molecule has 0 aliphatic carbocycles. The standard InChI is InChI=1S/C13H25N3/c1-7-11-10-12(13(2,3)4)14-16(11)9-8-15(5)6/h10H,7-9H2,1-6H3. The Kier molecular flexibility index (Phi) is 4.14. The molecule has 0 atom stereocenters. The van der Waals surface area contributed by atoms with Crippen molar-refractivity contribution < 1.29 is 0 Å². The Morgan fingerprint density at radius 1 is 1.31 bits per heavy atom. The Hall–Kier alpha value is -0.830. The van der Waals surface area contributed by atoms with Gasteiger partial charge < -0.3 is 4.90 Å². The summed E-state index contributed by atoms with van der Waals surface area (Å²) in [7, 11) is 4.19. The summed E-state index contributed by atoms with van der Waals surface area (Å²) in [5, 5.41) is 4.71. The van der Waals surface area contributed by atoms with Crippen molar-refractivity contribution in [1.82, 2.24) is 14.7 Å². The molecule has 0 fully saturated rings. The summed E-state index contributed by atoms with van der Waals surface area (Å²) in [6.45, 7) is 10.8. The molecule has 0 bridgehead atoms. The first kappa shape index (κ1) is 13.2. The van der Waals surface area contributed by atoms with E-state index in [1.165, 1.54) is 11.4 Å². The molecule has 0 aromatic carbocycles. The third-order valence-electron chi connectivity index (χ3n) is 2.75. The molecule has 0 aliphatic heterocycles. The van der Waals surface area contributed by atoms with Crippen LogP contribution in [0.5, 0.6) is 0 Å². The predicted molar refractivity (Wildman–Crippen MR) is 68.9 cm³/mol. The largest absolute Gasteiger partial charge is 0.308 e. The lowest BCUT2D eigenvalue weighted by Gasteiger charge is -2.14. The van der Waals surface area contributed by atoms with E-state index in [0.717, 1.165) is 19.5 Å². The van der Waals surface area contributed by atoms with Gasteiger partial charge in [0.25, 0.3) is 0 Å². The second kappa shape index (κ2) is 5.00. The fraction of sp³-hybridized carbons (Fsp3) is 0.769. The molecule has 92 valence electrons. The summed E-state index contributed by atoms with van der Waals surface area (Å²) in [6, 6.07) is 2.25. The van der Waals surface area contributed by atoms with Crippen molar-refractivity contribution in [3.05, 3.63) is 17.5 Å². The Morgan fingerprint density at radius 3 is 2.38 bits per heavy atom. The van der Waals surface area contributed by atoms with Crippen LogP contribution in [0.1, 0.15) is 39.1 Å². The molecular weight excluding hydrogens is 198 g/mol. The third kappa shape index (κ3) is 3.34. The maximum atomic E-state index is 4.71. The first-order valence-electron chi connectivity index (χ1n) is 6.06. The second-order valence-corrected chi connectivity index (χ2v) is 5.65. The van der Waals surface area contributed by atoms with E-state index >= 15 is 0 Å². The normalized spacial score (nSPS) is 12.4. The average Bonchev–Trinajstić information content (AvgIpc) is 2.56. The number of rotatable bonds is 4. The van der Waals surface area contributed by atoms with Crippen LogP contribution >= 0.6 is 0 Å². The predicted octanol–water partition coefficient (Wildman–Crippen LogP) is 2.30. The van der Waals surface area contributed by atoms with Crippen molar-refractivity contribution in [3.8, 4) is 0 Å². The van der Waals surface area contributed by atoms with Crippen LogP contribution in [0.15, 0.2) is 6.07 Å². The summed E-state index contributed by atoms with van der Waals surface area (Å²) < 4.78 is 2.15. The number of aryl methyl sites for hydroxylation is 1. The fourth-order valence-corrected chi connectivity index (χ4v) is 1.59. The molecule has 0 N–H and O–H groups in total. The van der Waals surface area contributed by atoms with Gasteiger partial charge in [0.15, 0.2) is 0 Å². The van der Waals surface area contributed by atoms with Crippen molar-refractivity contribution in [2.75, 3.05) is 20.6 Å². The van der Waals surface area contributed by atoms with Crippen LogP contribution in [0.3, 0.4) is 0 Å².